The maximum atomic E-state index is 12.4. The average molecular weight is 435 g/mol. The van der Waals surface area contributed by atoms with E-state index >= 15 is 0 Å². The van der Waals surface area contributed by atoms with E-state index in [0.717, 1.165) is 11.1 Å². The van der Waals surface area contributed by atoms with Crippen LogP contribution >= 0.6 is 23.2 Å². The Labute approximate surface area is 176 Å². The van der Waals surface area contributed by atoms with Crippen molar-refractivity contribution in [1.82, 2.24) is 9.78 Å². The summed E-state index contributed by atoms with van der Waals surface area (Å²) >= 11 is 11.9. The summed E-state index contributed by atoms with van der Waals surface area (Å²) < 4.78 is 7.12. The second-order valence-corrected chi connectivity index (χ2v) is 7.07. The van der Waals surface area contributed by atoms with Crippen molar-refractivity contribution >= 4 is 40.5 Å². The van der Waals surface area contributed by atoms with Gasteiger partial charge in [-0.05, 0) is 55.3 Å². The highest BCUT2D eigenvalue weighted by Gasteiger charge is 2.18. The molecule has 0 saturated carbocycles. The summed E-state index contributed by atoms with van der Waals surface area (Å²) in [7, 11) is 0. The zero-order valence-corrected chi connectivity index (χ0v) is 17.0. The van der Waals surface area contributed by atoms with Gasteiger partial charge < -0.3 is 10.1 Å². The van der Waals surface area contributed by atoms with Gasteiger partial charge in [0.1, 0.15) is 11.4 Å². The summed E-state index contributed by atoms with van der Waals surface area (Å²) in [5, 5.41) is 18.6. The number of anilines is 1. The van der Waals surface area contributed by atoms with Crippen LogP contribution < -0.4 is 10.1 Å². The number of nitro benzene ring substituents is 1. The zero-order chi connectivity index (χ0) is 21.1. The van der Waals surface area contributed by atoms with E-state index in [-0.39, 0.29) is 28.8 Å². The number of halogens is 2. The highest BCUT2D eigenvalue weighted by molar-refractivity contribution is 6.32. The van der Waals surface area contributed by atoms with E-state index in [1.807, 2.05) is 26.0 Å². The smallest absolute Gasteiger partial charge is 0.294 e. The standard InChI is InChI=1S/C19H16Cl2N4O4/c1-11-7-14(8-12(2)18(11)21)29-10-24-6-5-16(23-24)19(26)22-15-4-3-13(20)9-17(15)25(27)28/h3-9H,10H2,1-2H3,(H,22,26). The number of nitrogens with zero attached hydrogens (tertiary/aromatic N) is 3. The molecule has 1 amide bonds. The van der Waals surface area contributed by atoms with Crippen LogP contribution in [0.4, 0.5) is 11.4 Å². The van der Waals surface area contributed by atoms with Crippen LogP contribution in [-0.4, -0.2) is 20.6 Å². The van der Waals surface area contributed by atoms with E-state index < -0.39 is 10.8 Å². The predicted molar refractivity (Wildman–Crippen MR) is 110 cm³/mol. The normalized spacial score (nSPS) is 10.6. The van der Waals surface area contributed by atoms with E-state index in [9.17, 15) is 14.9 Å². The van der Waals surface area contributed by atoms with E-state index in [2.05, 4.69) is 10.4 Å². The van der Waals surface area contributed by atoms with Crippen LogP contribution in [0, 0.1) is 24.0 Å². The lowest BCUT2D eigenvalue weighted by atomic mass is 10.1. The van der Waals surface area contributed by atoms with Crippen LogP contribution in [0.15, 0.2) is 42.6 Å². The topological polar surface area (TPSA) is 99.3 Å². The highest BCUT2D eigenvalue weighted by atomic mass is 35.5. The number of nitrogens with one attached hydrogen (secondary N) is 1. The van der Waals surface area contributed by atoms with Gasteiger partial charge in [-0.25, -0.2) is 4.68 Å². The molecular weight excluding hydrogens is 419 g/mol. The van der Waals surface area contributed by atoms with Crippen LogP contribution in [0.1, 0.15) is 21.6 Å². The Balaban J connectivity index is 1.69. The number of ether oxygens (including phenoxy) is 1. The molecule has 0 radical (unpaired) electrons. The summed E-state index contributed by atoms with van der Waals surface area (Å²) in [5.41, 5.74) is 1.60. The molecule has 8 nitrogen and oxygen atoms in total. The summed E-state index contributed by atoms with van der Waals surface area (Å²) in [5.74, 6) is 0.0371. The molecule has 0 aliphatic heterocycles. The molecular formula is C19H16Cl2N4O4. The average Bonchev–Trinajstić information content (AvgIpc) is 3.14. The Morgan fingerprint density at radius 3 is 2.55 bits per heavy atom. The van der Waals surface area contributed by atoms with Crippen LogP contribution in [-0.2, 0) is 6.73 Å². The van der Waals surface area contributed by atoms with Crippen LogP contribution in [0.2, 0.25) is 10.0 Å². The minimum atomic E-state index is -0.621. The van der Waals surface area contributed by atoms with Crippen molar-refractivity contribution in [2.24, 2.45) is 0 Å². The van der Waals surface area contributed by atoms with Gasteiger partial charge in [0.25, 0.3) is 11.6 Å². The third-order valence-corrected chi connectivity index (χ3v) is 4.88. The third kappa shape index (κ3) is 4.85. The number of hydrogen-bond donors (Lipinski definition) is 1. The lowest BCUT2D eigenvalue weighted by Gasteiger charge is -2.10. The molecule has 0 atom stereocenters. The van der Waals surface area contributed by atoms with Gasteiger partial charge in [0.15, 0.2) is 12.4 Å². The molecule has 1 aromatic heterocycles. The van der Waals surface area contributed by atoms with Crippen molar-refractivity contribution in [3.8, 4) is 5.75 Å². The quantitative estimate of drug-likeness (QED) is 0.434. The minimum Gasteiger partial charge on any atom is -0.471 e. The van der Waals surface area contributed by atoms with Gasteiger partial charge >= 0.3 is 0 Å². The summed E-state index contributed by atoms with van der Waals surface area (Å²) in [6, 6.07) is 9.09. The molecule has 0 aliphatic carbocycles. The number of aryl methyl sites for hydroxylation is 2. The van der Waals surface area contributed by atoms with Gasteiger partial charge in [-0.1, -0.05) is 23.2 Å². The van der Waals surface area contributed by atoms with E-state index in [0.29, 0.717) is 10.8 Å². The Morgan fingerprint density at radius 1 is 1.21 bits per heavy atom. The van der Waals surface area contributed by atoms with Crippen LogP contribution in [0.25, 0.3) is 0 Å². The van der Waals surface area contributed by atoms with Gasteiger partial charge in [0.2, 0.25) is 0 Å². The first-order valence-electron chi connectivity index (χ1n) is 8.43. The third-order valence-electron chi connectivity index (χ3n) is 4.05. The van der Waals surface area contributed by atoms with Crippen molar-refractivity contribution in [1.29, 1.82) is 0 Å². The fourth-order valence-corrected chi connectivity index (χ4v) is 2.91. The molecule has 0 bridgehead atoms. The lowest BCUT2D eigenvalue weighted by Crippen LogP contribution is -2.15. The number of benzene rings is 2. The fourth-order valence-electron chi connectivity index (χ4n) is 2.63. The fraction of sp³-hybridized carbons (Fsp3) is 0.158. The molecule has 2 aromatic carbocycles. The summed E-state index contributed by atoms with van der Waals surface area (Å²) in [4.78, 5) is 22.9. The van der Waals surface area contributed by atoms with Gasteiger partial charge in [-0.15, -0.1) is 0 Å². The molecule has 1 N–H and O–H groups in total. The lowest BCUT2D eigenvalue weighted by molar-refractivity contribution is -0.383. The van der Waals surface area contributed by atoms with Crippen molar-refractivity contribution in [2.45, 2.75) is 20.6 Å². The predicted octanol–water partition coefficient (Wildman–Crippen LogP) is 5.00. The van der Waals surface area contributed by atoms with Crippen molar-refractivity contribution < 1.29 is 14.5 Å². The Hall–Kier alpha value is -3.10. The van der Waals surface area contributed by atoms with Crippen molar-refractivity contribution in [2.75, 3.05) is 5.32 Å². The maximum Gasteiger partial charge on any atom is 0.294 e. The first-order chi connectivity index (χ1) is 13.7. The van der Waals surface area contributed by atoms with E-state index in [1.165, 1.54) is 28.9 Å². The molecule has 3 aromatic rings. The second kappa shape index (κ2) is 8.50. The Kier molecular flexibility index (Phi) is 6.05. The minimum absolute atomic E-state index is 0.0299. The molecule has 1 heterocycles. The van der Waals surface area contributed by atoms with Crippen molar-refractivity contribution in [3.05, 3.63) is 79.6 Å². The molecule has 29 heavy (non-hydrogen) atoms. The number of carbonyl (C=O) groups is 1. The van der Waals surface area contributed by atoms with Crippen LogP contribution in [0.3, 0.4) is 0 Å². The van der Waals surface area contributed by atoms with Gasteiger partial charge in [-0.3, -0.25) is 14.9 Å². The number of nitro groups is 1. The van der Waals surface area contributed by atoms with Crippen molar-refractivity contribution in [3.63, 3.8) is 0 Å². The molecule has 0 fully saturated rings. The molecule has 3 rings (SSSR count). The number of hydrogen-bond acceptors (Lipinski definition) is 5. The van der Waals surface area contributed by atoms with E-state index in [4.69, 9.17) is 27.9 Å². The highest BCUT2D eigenvalue weighted by Crippen LogP contribution is 2.28. The number of aromatic nitrogens is 2. The SMILES string of the molecule is Cc1cc(OCn2ccc(C(=O)Nc3ccc(Cl)cc3[N+](=O)[O-])n2)cc(C)c1Cl. The monoisotopic (exact) mass is 434 g/mol. The molecule has 10 heteroatoms. The molecule has 0 aliphatic rings. The molecule has 0 spiro atoms. The van der Waals surface area contributed by atoms with Gasteiger partial charge in [-0.2, -0.15) is 5.10 Å². The Morgan fingerprint density at radius 2 is 1.90 bits per heavy atom. The number of rotatable bonds is 6. The first-order valence-corrected chi connectivity index (χ1v) is 9.18. The molecule has 0 unspecified atom stereocenters. The van der Waals surface area contributed by atoms with E-state index in [1.54, 1.807) is 6.20 Å². The van der Waals surface area contributed by atoms with Gasteiger partial charge in [0.05, 0.1) is 4.92 Å². The largest absolute Gasteiger partial charge is 0.471 e. The summed E-state index contributed by atoms with van der Waals surface area (Å²) in [6.45, 7) is 3.85. The molecule has 0 saturated heterocycles. The second-order valence-electron chi connectivity index (χ2n) is 6.26. The number of carbonyl (C=O) groups excluding carboxylic acids is 1. The first kappa shape index (κ1) is 20.6. The Bertz CT molecular complexity index is 1070. The van der Waals surface area contributed by atoms with Gasteiger partial charge in [0, 0.05) is 22.3 Å². The zero-order valence-electron chi connectivity index (χ0n) is 15.5. The number of amides is 1. The summed E-state index contributed by atoms with van der Waals surface area (Å²) in [6.07, 6.45) is 1.57. The molecule has 150 valence electrons. The maximum absolute atomic E-state index is 12.4. The van der Waals surface area contributed by atoms with Crippen LogP contribution in [0.5, 0.6) is 5.75 Å².